The summed E-state index contributed by atoms with van der Waals surface area (Å²) in [6.07, 6.45) is 2.68. The fourth-order valence-electron chi connectivity index (χ4n) is 2.28. The van der Waals surface area contributed by atoms with Gasteiger partial charge in [-0.2, -0.15) is 0 Å². The second-order valence-corrected chi connectivity index (χ2v) is 6.99. The zero-order chi connectivity index (χ0) is 17.5. The first-order valence-electron chi connectivity index (χ1n) is 8.02. The number of rotatable bonds is 8. The molecule has 0 saturated carbocycles. The quantitative estimate of drug-likeness (QED) is 0.586. The van der Waals surface area contributed by atoms with Crippen molar-refractivity contribution in [3.63, 3.8) is 0 Å². The lowest BCUT2D eigenvalue weighted by Gasteiger charge is -2.10. The minimum atomic E-state index is -0.0483. The number of aromatic nitrogens is 3. The highest BCUT2D eigenvalue weighted by molar-refractivity contribution is 7.99. The fourth-order valence-corrected chi connectivity index (χ4v) is 3.05. The number of nitrogens with zero attached hydrogens (tertiary/aromatic N) is 3. The molecule has 24 heavy (non-hydrogen) atoms. The van der Waals surface area contributed by atoms with Crippen LogP contribution in [0.2, 0.25) is 0 Å². The summed E-state index contributed by atoms with van der Waals surface area (Å²) in [5.41, 5.74) is 1.89. The molecule has 5 nitrogen and oxygen atoms in total. The van der Waals surface area contributed by atoms with E-state index >= 15 is 0 Å². The van der Waals surface area contributed by atoms with Crippen molar-refractivity contribution in [1.29, 1.82) is 0 Å². The fraction of sp³-hybridized carbons (Fsp3) is 0.389. The van der Waals surface area contributed by atoms with Gasteiger partial charge in [0.05, 0.1) is 5.75 Å². The maximum atomic E-state index is 12.2. The summed E-state index contributed by atoms with van der Waals surface area (Å²) < 4.78 is 2.03. The number of para-hydroxylation sites is 1. The van der Waals surface area contributed by atoms with E-state index < -0.39 is 0 Å². The van der Waals surface area contributed by atoms with Gasteiger partial charge in [-0.05, 0) is 24.5 Å². The van der Waals surface area contributed by atoms with E-state index in [1.54, 1.807) is 0 Å². The highest BCUT2D eigenvalue weighted by atomic mass is 32.2. The van der Waals surface area contributed by atoms with E-state index in [1.165, 1.54) is 11.8 Å². The van der Waals surface area contributed by atoms with Crippen LogP contribution in [0, 0.1) is 12.8 Å². The minimum absolute atomic E-state index is 0.0483. The van der Waals surface area contributed by atoms with Crippen molar-refractivity contribution < 1.29 is 4.79 Å². The second-order valence-electron chi connectivity index (χ2n) is 6.05. The maximum Gasteiger partial charge on any atom is 0.234 e. The molecule has 1 aromatic heterocycles. The Morgan fingerprint density at radius 1 is 1.38 bits per heavy atom. The number of thioether (sulfide) groups is 1. The molecule has 0 aliphatic heterocycles. The lowest BCUT2D eigenvalue weighted by molar-refractivity contribution is -0.113. The first-order chi connectivity index (χ1) is 11.5. The van der Waals surface area contributed by atoms with Crippen molar-refractivity contribution in [2.75, 3.05) is 11.1 Å². The van der Waals surface area contributed by atoms with Crippen molar-refractivity contribution in [1.82, 2.24) is 14.8 Å². The number of nitrogens with one attached hydrogen (secondary N) is 1. The molecule has 1 amide bonds. The minimum Gasteiger partial charge on any atom is -0.325 e. The number of amides is 1. The molecular weight excluding hydrogens is 320 g/mol. The maximum absolute atomic E-state index is 12.2. The average Bonchev–Trinajstić information content (AvgIpc) is 2.89. The summed E-state index contributed by atoms with van der Waals surface area (Å²) in [5, 5.41) is 12.2. The van der Waals surface area contributed by atoms with Crippen LogP contribution in [0.3, 0.4) is 0 Å². The molecule has 0 bridgehead atoms. The smallest absolute Gasteiger partial charge is 0.234 e. The molecule has 0 spiro atoms. The summed E-state index contributed by atoms with van der Waals surface area (Å²) in [4.78, 5) is 12.2. The van der Waals surface area contributed by atoms with Gasteiger partial charge in [-0.15, -0.1) is 16.8 Å². The van der Waals surface area contributed by atoms with Crippen LogP contribution < -0.4 is 5.32 Å². The summed E-state index contributed by atoms with van der Waals surface area (Å²) in [7, 11) is 0. The number of anilines is 1. The Kier molecular flexibility index (Phi) is 6.61. The lowest BCUT2D eigenvalue weighted by atomic mass is 10.1. The number of carbonyl (C=O) groups excluding carboxylic acids is 1. The van der Waals surface area contributed by atoms with Crippen LogP contribution in [0.15, 0.2) is 42.1 Å². The van der Waals surface area contributed by atoms with Gasteiger partial charge < -0.3 is 9.88 Å². The predicted octanol–water partition coefficient (Wildman–Crippen LogP) is 3.70. The molecule has 6 heteroatoms. The summed E-state index contributed by atoms with van der Waals surface area (Å²) in [6, 6.07) is 7.74. The van der Waals surface area contributed by atoms with Crippen molar-refractivity contribution in [3.05, 3.63) is 48.3 Å². The van der Waals surface area contributed by atoms with Gasteiger partial charge in [-0.3, -0.25) is 4.79 Å². The highest BCUT2D eigenvalue weighted by Crippen LogP contribution is 2.20. The van der Waals surface area contributed by atoms with Gasteiger partial charge >= 0.3 is 0 Å². The Morgan fingerprint density at radius 2 is 2.12 bits per heavy atom. The zero-order valence-electron chi connectivity index (χ0n) is 14.5. The van der Waals surface area contributed by atoms with Gasteiger partial charge in [-0.25, -0.2) is 0 Å². The molecule has 0 atom stereocenters. The van der Waals surface area contributed by atoms with E-state index in [-0.39, 0.29) is 5.91 Å². The van der Waals surface area contributed by atoms with Crippen molar-refractivity contribution >= 4 is 23.4 Å². The Hall–Kier alpha value is -2.08. The Balaban J connectivity index is 2.00. The number of hydrogen-bond acceptors (Lipinski definition) is 4. The summed E-state index contributed by atoms with van der Waals surface area (Å²) in [5.74, 6) is 1.69. The molecule has 0 radical (unpaired) electrons. The molecule has 128 valence electrons. The van der Waals surface area contributed by atoms with Crippen LogP contribution in [-0.2, 0) is 17.8 Å². The van der Waals surface area contributed by atoms with E-state index in [9.17, 15) is 4.79 Å². The Labute approximate surface area is 147 Å². The molecule has 2 aromatic rings. The third-order valence-corrected chi connectivity index (χ3v) is 4.41. The van der Waals surface area contributed by atoms with Crippen molar-refractivity contribution in [2.24, 2.45) is 5.92 Å². The number of benzene rings is 1. The van der Waals surface area contributed by atoms with Crippen LogP contribution in [0.25, 0.3) is 0 Å². The molecule has 0 fully saturated rings. The normalized spacial score (nSPS) is 10.8. The predicted molar refractivity (Wildman–Crippen MR) is 99.3 cm³/mol. The molecule has 0 saturated heterocycles. The van der Waals surface area contributed by atoms with E-state index in [2.05, 4.69) is 35.9 Å². The SMILES string of the molecule is C=CCn1c(CC(C)C)nnc1SCC(=O)Nc1ccccc1C. The van der Waals surface area contributed by atoms with E-state index in [0.717, 1.165) is 28.7 Å². The van der Waals surface area contributed by atoms with Crippen molar-refractivity contribution in [2.45, 2.75) is 38.9 Å². The van der Waals surface area contributed by atoms with E-state index in [4.69, 9.17) is 0 Å². The first-order valence-corrected chi connectivity index (χ1v) is 9.01. The molecule has 0 aliphatic carbocycles. The molecule has 1 N–H and O–H groups in total. The largest absolute Gasteiger partial charge is 0.325 e. The summed E-state index contributed by atoms with van der Waals surface area (Å²) >= 11 is 1.40. The number of carbonyl (C=O) groups is 1. The van der Waals surface area contributed by atoms with E-state index in [0.29, 0.717) is 18.2 Å². The van der Waals surface area contributed by atoms with Gasteiger partial charge in [0.2, 0.25) is 5.91 Å². The Morgan fingerprint density at radius 3 is 2.79 bits per heavy atom. The van der Waals surface area contributed by atoms with Crippen LogP contribution in [0.4, 0.5) is 5.69 Å². The highest BCUT2D eigenvalue weighted by Gasteiger charge is 2.14. The van der Waals surface area contributed by atoms with Gasteiger partial charge in [0.15, 0.2) is 5.16 Å². The molecule has 0 unspecified atom stereocenters. The van der Waals surface area contributed by atoms with Crippen LogP contribution >= 0.6 is 11.8 Å². The Bertz CT molecular complexity index is 709. The van der Waals surface area contributed by atoms with Gasteiger partial charge in [-0.1, -0.05) is 49.9 Å². The van der Waals surface area contributed by atoms with Crippen molar-refractivity contribution in [3.8, 4) is 0 Å². The van der Waals surface area contributed by atoms with E-state index in [1.807, 2.05) is 41.8 Å². The first kappa shape index (κ1) is 18.3. The third-order valence-electron chi connectivity index (χ3n) is 3.45. The number of hydrogen-bond donors (Lipinski definition) is 1. The standard InChI is InChI=1S/C18H24N4OS/c1-5-10-22-16(11-13(2)3)20-21-18(22)24-12-17(23)19-15-9-7-6-8-14(15)4/h5-9,13H,1,10-12H2,2-4H3,(H,19,23). The molecule has 1 aromatic carbocycles. The lowest BCUT2D eigenvalue weighted by Crippen LogP contribution is -2.15. The summed E-state index contributed by atoms with van der Waals surface area (Å²) in [6.45, 7) is 10.7. The van der Waals surface area contributed by atoms with Gasteiger partial charge in [0, 0.05) is 18.7 Å². The average molecular weight is 344 g/mol. The second kappa shape index (κ2) is 8.68. The van der Waals surface area contributed by atoms with Crippen LogP contribution in [-0.4, -0.2) is 26.4 Å². The van der Waals surface area contributed by atoms with Crippen LogP contribution in [0.1, 0.15) is 25.2 Å². The third kappa shape index (κ3) is 4.96. The molecule has 2 rings (SSSR count). The molecular formula is C18H24N4OS. The topological polar surface area (TPSA) is 59.8 Å². The van der Waals surface area contributed by atoms with Crippen LogP contribution in [0.5, 0.6) is 0 Å². The zero-order valence-corrected chi connectivity index (χ0v) is 15.3. The van der Waals surface area contributed by atoms with Gasteiger partial charge in [0.1, 0.15) is 5.82 Å². The molecule has 0 aliphatic rings. The number of aryl methyl sites for hydroxylation is 1. The number of allylic oxidation sites excluding steroid dienone is 1. The molecule has 1 heterocycles. The monoisotopic (exact) mass is 344 g/mol. The van der Waals surface area contributed by atoms with Gasteiger partial charge in [0.25, 0.3) is 0 Å².